The monoisotopic (exact) mass is 318 g/mol. The van der Waals surface area contributed by atoms with Crippen LogP contribution in [0.5, 0.6) is 0 Å². The van der Waals surface area contributed by atoms with Gasteiger partial charge in [0.15, 0.2) is 0 Å². The molecule has 0 bridgehead atoms. The molecule has 2 aromatic carbocycles. The molecule has 0 saturated carbocycles. The molecular formula is C16H19BrN2. The number of hydrogen-bond donors (Lipinski definition) is 1. The van der Waals surface area contributed by atoms with E-state index in [2.05, 4.69) is 66.0 Å². The van der Waals surface area contributed by atoms with Gasteiger partial charge in [0.2, 0.25) is 0 Å². The highest BCUT2D eigenvalue weighted by Gasteiger charge is 2.10. The molecule has 0 aromatic heterocycles. The molecule has 0 atom stereocenters. The summed E-state index contributed by atoms with van der Waals surface area (Å²) in [5.41, 5.74) is 12.7. The van der Waals surface area contributed by atoms with Gasteiger partial charge in [-0.1, -0.05) is 6.07 Å². The van der Waals surface area contributed by atoms with Gasteiger partial charge in [-0.3, -0.25) is 0 Å². The van der Waals surface area contributed by atoms with E-state index in [1.54, 1.807) is 0 Å². The van der Waals surface area contributed by atoms with Crippen molar-refractivity contribution in [1.82, 2.24) is 0 Å². The molecule has 0 aliphatic heterocycles. The van der Waals surface area contributed by atoms with Gasteiger partial charge in [0.25, 0.3) is 0 Å². The summed E-state index contributed by atoms with van der Waals surface area (Å²) in [5.74, 6) is 0. The summed E-state index contributed by atoms with van der Waals surface area (Å²) in [6.45, 7) is 6.27. The van der Waals surface area contributed by atoms with Crippen LogP contribution in [0.4, 0.5) is 17.1 Å². The van der Waals surface area contributed by atoms with Crippen LogP contribution in [0.3, 0.4) is 0 Å². The molecule has 0 aliphatic rings. The number of nitrogen functional groups attached to an aromatic ring is 1. The number of aryl methyl sites for hydroxylation is 3. The molecule has 2 nitrogen and oxygen atoms in total. The van der Waals surface area contributed by atoms with E-state index in [9.17, 15) is 0 Å². The molecule has 3 heteroatoms. The first-order valence-corrected chi connectivity index (χ1v) is 7.05. The lowest BCUT2D eigenvalue weighted by atomic mass is 10.1. The summed E-state index contributed by atoms with van der Waals surface area (Å²) < 4.78 is 1.01. The maximum atomic E-state index is 5.93. The Morgan fingerprint density at radius 2 is 1.53 bits per heavy atom. The van der Waals surface area contributed by atoms with Gasteiger partial charge in [0.05, 0.1) is 5.69 Å². The SMILES string of the molecule is Cc1cc(C)cc(N(C)c2cc(C)c(N)cc2Br)c1. The molecule has 0 unspecified atom stereocenters. The molecule has 0 heterocycles. The second-order valence-electron chi connectivity index (χ2n) is 5.07. The number of hydrogen-bond acceptors (Lipinski definition) is 2. The van der Waals surface area contributed by atoms with Crippen molar-refractivity contribution in [3.8, 4) is 0 Å². The number of rotatable bonds is 2. The van der Waals surface area contributed by atoms with E-state index in [0.717, 1.165) is 21.4 Å². The average molecular weight is 319 g/mol. The van der Waals surface area contributed by atoms with Crippen molar-refractivity contribution in [2.24, 2.45) is 0 Å². The van der Waals surface area contributed by atoms with Crippen LogP contribution in [0.15, 0.2) is 34.8 Å². The van der Waals surface area contributed by atoms with Crippen LogP contribution in [-0.4, -0.2) is 7.05 Å². The molecule has 100 valence electrons. The summed E-state index contributed by atoms with van der Waals surface area (Å²) in [7, 11) is 2.07. The summed E-state index contributed by atoms with van der Waals surface area (Å²) >= 11 is 3.59. The third-order valence-corrected chi connectivity index (χ3v) is 3.93. The van der Waals surface area contributed by atoms with Crippen LogP contribution in [0.1, 0.15) is 16.7 Å². The van der Waals surface area contributed by atoms with Gasteiger partial charge >= 0.3 is 0 Å². The predicted octanol–water partition coefficient (Wildman–Crippen LogP) is 4.72. The smallest absolute Gasteiger partial charge is 0.0556 e. The maximum Gasteiger partial charge on any atom is 0.0556 e. The zero-order valence-electron chi connectivity index (χ0n) is 11.8. The number of nitrogens with zero attached hydrogens (tertiary/aromatic N) is 1. The Morgan fingerprint density at radius 3 is 2.11 bits per heavy atom. The average Bonchev–Trinajstić information content (AvgIpc) is 2.31. The predicted molar refractivity (Wildman–Crippen MR) is 87.3 cm³/mol. The topological polar surface area (TPSA) is 29.3 Å². The maximum absolute atomic E-state index is 5.93. The quantitative estimate of drug-likeness (QED) is 0.811. The molecule has 0 fully saturated rings. The highest BCUT2D eigenvalue weighted by atomic mass is 79.9. The van der Waals surface area contributed by atoms with E-state index in [0.29, 0.717) is 0 Å². The summed E-state index contributed by atoms with van der Waals surface area (Å²) in [6, 6.07) is 10.6. The van der Waals surface area contributed by atoms with Crippen molar-refractivity contribution in [2.75, 3.05) is 17.7 Å². The molecular weight excluding hydrogens is 300 g/mol. The molecule has 2 aromatic rings. The fourth-order valence-corrected chi connectivity index (χ4v) is 2.85. The molecule has 0 saturated heterocycles. The van der Waals surface area contributed by atoms with Gasteiger partial charge in [0, 0.05) is 22.9 Å². The Morgan fingerprint density at radius 1 is 0.947 bits per heavy atom. The van der Waals surface area contributed by atoms with Gasteiger partial charge in [-0.05, 0) is 77.7 Å². The Labute approximate surface area is 123 Å². The fraction of sp³-hybridized carbons (Fsp3) is 0.250. The second-order valence-corrected chi connectivity index (χ2v) is 5.92. The van der Waals surface area contributed by atoms with Crippen molar-refractivity contribution in [1.29, 1.82) is 0 Å². The third kappa shape index (κ3) is 2.92. The van der Waals surface area contributed by atoms with E-state index >= 15 is 0 Å². The third-order valence-electron chi connectivity index (χ3n) is 3.29. The Balaban J connectivity index is 2.49. The van der Waals surface area contributed by atoms with Crippen molar-refractivity contribution in [3.63, 3.8) is 0 Å². The lowest BCUT2D eigenvalue weighted by Gasteiger charge is -2.23. The van der Waals surface area contributed by atoms with Gasteiger partial charge in [-0.2, -0.15) is 0 Å². The minimum atomic E-state index is 0.810. The largest absolute Gasteiger partial charge is 0.398 e. The lowest BCUT2D eigenvalue weighted by Crippen LogP contribution is -2.11. The summed E-state index contributed by atoms with van der Waals surface area (Å²) in [6.07, 6.45) is 0. The number of nitrogens with two attached hydrogens (primary N) is 1. The number of halogens is 1. The zero-order valence-corrected chi connectivity index (χ0v) is 13.4. The van der Waals surface area contributed by atoms with Gasteiger partial charge in [-0.15, -0.1) is 0 Å². The first-order chi connectivity index (χ1) is 8.88. The standard InChI is InChI=1S/C16H19BrN2/c1-10-5-11(2)7-13(6-10)19(4)16-8-12(3)15(18)9-14(16)17/h5-9H,18H2,1-4H3. The van der Waals surface area contributed by atoms with Crippen molar-refractivity contribution in [2.45, 2.75) is 20.8 Å². The lowest BCUT2D eigenvalue weighted by molar-refractivity contribution is 1.18. The van der Waals surface area contributed by atoms with Crippen LogP contribution < -0.4 is 10.6 Å². The van der Waals surface area contributed by atoms with Crippen LogP contribution in [-0.2, 0) is 0 Å². The first-order valence-electron chi connectivity index (χ1n) is 6.26. The molecule has 0 amide bonds. The van der Waals surface area contributed by atoms with Gasteiger partial charge in [-0.25, -0.2) is 0 Å². The highest BCUT2D eigenvalue weighted by Crippen LogP contribution is 2.34. The van der Waals surface area contributed by atoms with Crippen molar-refractivity contribution < 1.29 is 0 Å². The molecule has 19 heavy (non-hydrogen) atoms. The minimum absolute atomic E-state index is 0.810. The molecule has 0 spiro atoms. The van der Waals surface area contributed by atoms with Crippen LogP contribution in [0.2, 0.25) is 0 Å². The zero-order chi connectivity index (χ0) is 14.2. The van der Waals surface area contributed by atoms with Crippen LogP contribution in [0.25, 0.3) is 0 Å². The molecule has 2 N–H and O–H groups in total. The normalized spacial score (nSPS) is 10.6. The molecule has 2 rings (SSSR count). The van der Waals surface area contributed by atoms with E-state index in [-0.39, 0.29) is 0 Å². The van der Waals surface area contributed by atoms with Gasteiger partial charge in [0.1, 0.15) is 0 Å². The van der Waals surface area contributed by atoms with Crippen LogP contribution in [0, 0.1) is 20.8 Å². The number of benzene rings is 2. The van der Waals surface area contributed by atoms with E-state index in [4.69, 9.17) is 5.73 Å². The summed E-state index contributed by atoms with van der Waals surface area (Å²) in [4.78, 5) is 2.18. The van der Waals surface area contributed by atoms with Crippen molar-refractivity contribution >= 4 is 33.0 Å². The Bertz CT molecular complexity index is 600. The van der Waals surface area contributed by atoms with E-state index in [1.807, 2.05) is 13.0 Å². The Hall–Kier alpha value is -1.48. The fourth-order valence-electron chi connectivity index (χ4n) is 2.22. The summed E-state index contributed by atoms with van der Waals surface area (Å²) in [5, 5.41) is 0. The number of anilines is 3. The molecule has 0 radical (unpaired) electrons. The second kappa shape index (κ2) is 5.25. The van der Waals surface area contributed by atoms with Crippen molar-refractivity contribution in [3.05, 3.63) is 51.5 Å². The molecule has 0 aliphatic carbocycles. The van der Waals surface area contributed by atoms with Gasteiger partial charge < -0.3 is 10.6 Å². The Kier molecular flexibility index (Phi) is 3.85. The van der Waals surface area contributed by atoms with E-state index in [1.165, 1.54) is 16.8 Å². The van der Waals surface area contributed by atoms with E-state index < -0.39 is 0 Å². The minimum Gasteiger partial charge on any atom is -0.398 e. The van der Waals surface area contributed by atoms with Crippen LogP contribution >= 0.6 is 15.9 Å². The highest BCUT2D eigenvalue weighted by molar-refractivity contribution is 9.10. The first kappa shape index (κ1) is 13.9.